The summed E-state index contributed by atoms with van der Waals surface area (Å²) in [6.45, 7) is 0.903. The molecule has 140 valence electrons. The zero-order chi connectivity index (χ0) is 19.1. The molecule has 3 rings (SSSR count). The maximum atomic E-state index is 13.2. The summed E-state index contributed by atoms with van der Waals surface area (Å²) in [6, 6.07) is 11.6. The molecular weight excluding hydrogens is 373 g/mol. The lowest BCUT2D eigenvalue weighted by atomic mass is 10.3. The molecule has 0 unspecified atom stereocenters. The van der Waals surface area contributed by atoms with Gasteiger partial charge in [0, 0.05) is 5.69 Å². The third kappa shape index (κ3) is 5.42. The highest BCUT2D eigenvalue weighted by Gasteiger charge is 2.04. The van der Waals surface area contributed by atoms with E-state index in [1.54, 1.807) is 13.2 Å². The van der Waals surface area contributed by atoms with E-state index in [9.17, 15) is 4.39 Å². The molecule has 0 radical (unpaired) electrons. The van der Waals surface area contributed by atoms with Gasteiger partial charge in [0.2, 0.25) is 5.95 Å². The largest absolute Gasteiger partial charge is 0.497 e. The van der Waals surface area contributed by atoms with Crippen molar-refractivity contribution in [3.05, 3.63) is 59.5 Å². The van der Waals surface area contributed by atoms with Crippen molar-refractivity contribution in [2.45, 2.75) is 0 Å². The monoisotopic (exact) mass is 389 g/mol. The molecule has 9 heteroatoms. The van der Waals surface area contributed by atoms with Crippen molar-refractivity contribution in [1.29, 1.82) is 0 Å². The van der Waals surface area contributed by atoms with Gasteiger partial charge >= 0.3 is 0 Å². The van der Waals surface area contributed by atoms with Gasteiger partial charge in [-0.3, -0.25) is 0 Å². The summed E-state index contributed by atoms with van der Waals surface area (Å²) in [5.74, 6) is 1.81. The molecule has 0 spiro atoms. The number of methoxy groups -OCH3 is 1. The van der Waals surface area contributed by atoms with Crippen LogP contribution < -0.4 is 20.1 Å². The summed E-state index contributed by atoms with van der Waals surface area (Å²) in [4.78, 5) is 4.28. The van der Waals surface area contributed by atoms with E-state index in [0.717, 1.165) is 11.5 Å². The zero-order valence-electron chi connectivity index (χ0n) is 14.4. The highest BCUT2D eigenvalue weighted by Crippen LogP contribution is 2.22. The molecule has 0 aliphatic heterocycles. The van der Waals surface area contributed by atoms with Gasteiger partial charge in [0.05, 0.1) is 24.9 Å². The van der Waals surface area contributed by atoms with Gasteiger partial charge in [-0.2, -0.15) is 10.1 Å². The van der Waals surface area contributed by atoms with Crippen LogP contribution in [0.1, 0.15) is 0 Å². The van der Waals surface area contributed by atoms with E-state index in [-0.39, 0.29) is 5.02 Å². The van der Waals surface area contributed by atoms with Gasteiger partial charge in [-0.25, -0.2) is 4.39 Å². The Hall–Kier alpha value is -3.13. The highest BCUT2D eigenvalue weighted by molar-refractivity contribution is 6.31. The quantitative estimate of drug-likeness (QED) is 0.565. The highest BCUT2D eigenvalue weighted by atomic mass is 35.5. The molecule has 7 nitrogen and oxygen atoms in total. The molecule has 1 heterocycles. The molecule has 0 atom stereocenters. The Kier molecular flexibility index (Phi) is 6.22. The molecule has 2 aromatic carbocycles. The number of halogens is 2. The van der Waals surface area contributed by atoms with Gasteiger partial charge in [-0.15, -0.1) is 5.10 Å². The van der Waals surface area contributed by atoms with Crippen LogP contribution in [0.25, 0.3) is 0 Å². The number of nitrogens with zero attached hydrogens (tertiary/aromatic N) is 3. The molecule has 0 bridgehead atoms. The molecule has 3 aromatic rings. The normalized spacial score (nSPS) is 10.3. The Balaban J connectivity index is 1.50. The molecule has 2 N–H and O–H groups in total. The van der Waals surface area contributed by atoms with Gasteiger partial charge in [-0.1, -0.05) is 11.6 Å². The number of hydrogen-bond donors (Lipinski definition) is 2. The van der Waals surface area contributed by atoms with E-state index >= 15 is 0 Å². The van der Waals surface area contributed by atoms with Gasteiger partial charge in [0.15, 0.2) is 5.82 Å². The number of nitrogens with one attached hydrogen (secondary N) is 2. The lowest BCUT2D eigenvalue weighted by molar-refractivity contribution is 0.331. The van der Waals surface area contributed by atoms with Crippen LogP contribution in [0.3, 0.4) is 0 Å². The summed E-state index contributed by atoms with van der Waals surface area (Å²) in [6.07, 6.45) is 1.45. The van der Waals surface area contributed by atoms with Crippen molar-refractivity contribution < 1.29 is 13.9 Å². The van der Waals surface area contributed by atoms with Crippen LogP contribution in [-0.2, 0) is 0 Å². The SMILES string of the molecule is COc1ccc(OCCNc2nncc(Nc3ccc(F)c(Cl)c3)n2)cc1. The van der Waals surface area contributed by atoms with Gasteiger partial charge in [0.25, 0.3) is 0 Å². The summed E-state index contributed by atoms with van der Waals surface area (Å²) >= 11 is 5.77. The fraction of sp³-hybridized carbons (Fsp3) is 0.167. The standard InChI is InChI=1S/C18H17ClFN5O2/c1-26-13-3-5-14(6-4-13)27-9-8-21-18-24-17(11-22-25-18)23-12-2-7-16(20)15(19)10-12/h2-7,10-11H,8-9H2,1H3,(H2,21,23,24,25). The number of ether oxygens (including phenoxy) is 2. The number of anilines is 3. The van der Waals surface area contributed by atoms with Crippen molar-refractivity contribution in [3.63, 3.8) is 0 Å². The van der Waals surface area contributed by atoms with E-state index in [4.69, 9.17) is 21.1 Å². The Bertz CT molecular complexity index is 895. The van der Waals surface area contributed by atoms with Crippen molar-refractivity contribution in [3.8, 4) is 11.5 Å². The van der Waals surface area contributed by atoms with E-state index in [0.29, 0.717) is 30.6 Å². The second kappa shape index (κ2) is 9.00. The van der Waals surface area contributed by atoms with E-state index < -0.39 is 5.82 Å². The maximum Gasteiger partial charge on any atom is 0.244 e. The van der Waals surface area contributed by atoms with Crippen LogP contribution in [0, 0.1) is 5.82 Å². The number of aromatic nitrogens is 3. The van der Waals surface area contributed by atoms with Gasteiger partial charge in [0.1, 0.15) is 23.9 Å². The van der Waals surface area contributed by atoms with Gasteiger partial charge < -0.3 is 20.1 Å². The number of benzene rings is 2. The second-order valence-corrected chi connectivity index (χ2v) is 5.78. The minimum absolute atomic E-state index is 0.0241. The van der Waals surface area contributed by atoms with Crippen LogP contribution in [0.5, 0.6) is 11.5 Å². The summed E-state index contributed by atoms with van der Waals surface area (Å²) in [5.41, 5.74) is 0.593. The average Bonchev–Trinajstić information content (AvgIpc) is 2.69. The van der Waals surface area contributed by atoms with E-state index in [1.165, 1.54) is 18.3 Å². The van der Waals surface area contributed by atoms with Crippen LogP contribution in [0.4, 0.5) is 21.8 Å². The third-order valence-corrected chi connectivity index (χ3v) is 3.75. The second-order valence-electron chi connectivity index (χ2n) is 5.37. The first-order valence-electron chi connectivity index (χ1n) is 8.06. The van der Waals surface area contributed by atoms with Crippen molar-refractivity contribution in [1.82, 2.24) is 15.2 Å². The fourth-order valence-corrected chi connectivity index (χ4v) is 2.34. The maximum absolute atomic E-state index is 13.2. The minimum atomic E-state index is -0.484. The third-order valence-electron chi connectivity index (χ3n) is 3.46. The Morgan fingerprint density at radius 3 is 2.63 bits per heavy atom. The minimum Gasteiger partial charge on any atom is -0.497 e. The van der Waals surface area contributed by atoms with Crippen molar-refractivity contribution >= 4 is 29.1 Å². The summed E-state index contributed by atoms with van der Waals surface area (Å²) < 4.78 is 23.9. The first kappa shape index (κ1) is 18.7. The van der Waals surface area contributed by atoms with Crippen LogP contribution in [-0.4, -0.2) is 35.4 Å². The van der Waals surface area contributed by atoms with Crippen molar-refractivity contribution in [2.24, 2.45) is 0 Å². The van der Waals surface area contributed by atoms with E-state index in [1.807, 2.05) is 24.3 Å². The molecule has 0 amide bonds. The van der Waals surface area contributed by atoms with Crippen molar-refractivity contribution in [2.75, 3.05) is 30.9 Å². The molecule has 0 fully saturated rings. The van der Waals surface area contributed by atoms with Gasteiger partial charge in [-0.05, 0) is 42.5 Å². The molecule has 0 saturated carbocycles. The van der Waals surface area contributed by atoms with Crippen LogP contribution >= 0.6 is 11.6 Å². The molecule has 27 heavy (non-hydrogen) atoms. The first-order valence-corrected chi connectivity index (χ1v) is 8.44. The predicted octanol–water partition coefficient (Wildman–Crippen LogP) is 3.91. The van der Waals surface area contributed by atoms with Crippen LogP contribution in [0.15, 0.2) is 48.7 Å². The Morgan fingerprint density at radius 1 is 1.11 bits per heavy atom. The fourth-order valence-electron chi connectivity index (χ4n) is 2.16. The molecular formula is C18H17ClFN5O2. The smallest absolute Gasteiger partial charge is 0.244 e. The number of hydrogen-bond acceptors (Lipinski definition) is 7. The lowest BCUT2D eigenvalue weighted by Crippen LogP contribution is -2.14. The predicted molar refractivity (Wildman–Crippen MR) is 101 cm³/mol. The average molecular weight is 390 g/mol. The molecule has 0 aliphatic rings. The Morgan fingerprint density at radius 2 is 1.89 bits per heavy atom. The molecule has 1 aromatic heterocycles. The Labute approximate surface area is 160 Å². The molecule has 0 aliphatic carbocycles. The summed E-state index contributed by atoms with van der Waals surface area (Å²) in [7, 11) is 1.61. The molecule has 0 saturated heterocycles. The van der Waals surface area contributed by atoms with Crippen LogP contribution in [0.2, 0.25) is 5.02 Å². The zero-order valence-corrected chi connectivity index (χ0v) is 15.2. The van der Waals surface area contributed by atoms with E-state index in [2.05, 4.69) is 25.8 Å². The summed E-state index contributed by atoms with van der Waals surface area (Å²) in [5, 5.41) is 13.8. The first-order chi connectivity index (χ1) is 13.1. The number of rotatable bonds is 8. The lowest BCUT2D eigenvalue weighted by Gasteiger charge is -2.09. The topological polar surface area (TPSA) is 81.2 Å².